The van der Waals surface area contributed by atoms with E-state index < -0.39 is 0 Å². The van der Waals surface area contributed by atoms with Crippen molar-refractivity contribution in [2.24, 2.45) is 0 Å². The molecule has 6 heteroatoms. The first-order valence-corrected chi connectivity index (χ1v) is 7.91. The molecular weight excluding hydrogens is 294 g/mol. The number of amides is 1. The average molecular weight is 313 g/mol. The van der Waals surface area contributed by atoms with Gasteiger partial charge in [0, 0.05) is 30.3 Å². The van der Waals surface area contributed by atoms with E-state index in [1.807, 2.05) is 11.8 Å². The zero-order chi connectivity index (χ0) is 15.8. The van der Waals surface area contributed by atoms with Gasteiger partial charge in [0.25, 0.3) is 5.91 Å². The molecule has 0 spiro atoms. The van der Waals surface area contributed by atoms with Crippen molar-refractivity contribution in [3.63, 3.8) is 0 Å². The molecule has 120 valence electrons. The van der Waals surface area contributed by atoms with Crippen LogP contribution in [0.15, 0.2) is 24.3 Å². The number of likely N-dealkylation sites (tertiary alicyclic amines) is 1. The number of carbonyl (C=O) groups excluding carboxylic acids is 1. The number of aromatic nitrogens is 2. The first-order chi connectivity index (χ1) is 11.2. The first-order valence-electron chi connectivity index (χ1n) is 7.91. The summed E-state index contributed by atoms with van der Waals surface area (Å²) in [5.41, 5.74) is 2.75. The topological polar surface area (TPSA) is 67.5 Å². The number of H-pyrrole nitrogens is 1. The Morgan fingerprint density at radius 3 is 3.00 bits per heavy atom. The highest BCUT2D eigenvalue weighted by Gasteiger charge is 2.27. The lowest BCUT2D eigenvalue weighted by Crippen LogP contribution is -2.39. The van der Waals surface area contributed by atoms with E-state index >= 15 is 0 Å². The predicted molar refractivity (Wildman–Crippen MR) is 83.8 cm³/mol. The number of rotatable bonds is 2. The molecule has 1 atom stereocenters. The zero-order valence-electron chi connectivity index (χ0n) is 13.0. The standard InChI is InChI=1S/C17H19N3O3/c1-11-7-14(19-18-11)13-3-2-6-20(9-13)17(21)12-4-5-15-16(8-12)23-10-22-15/h4-5,7-8,13H,2-3,6,9-10H2,1H3,(H,18,19). The summed E-state index contributed by atoms with van der Waals surface area (Å²) in [4.78, 5) is 14.7. The minimum atomic E-state index is 0.0419. The summed E-state index contributed by atoms with van der Waals surface area (Å²) in [6.07, 6.45) is 2.06. The van der Waals surface area contributed by atoms with E-state index in [9.17, 15) is 4.79 Å². The van der Waals surface area contributed by atoms with Crippen LogP contribution >= 0.6 is 0 Å². The monoisotopic (exact) mass is 313 g/mol. The van der Waals surface area contributed by atoms with Crippen molar-refractivity contribution in [2.75, 3.05) is 19.9 Å². The number of aryl methyl sites for hydroxylation is 1. The van der Waals surface area contributed by atoms with Gasteiger partial charge in [-0.1, -0.05) is 0 Å². The Morgan fingerprint density at radius 1 is 1.30 bits per heavy atom. The van der Waals surface area contributed by atoms with E-state index in [0.29, 0.717) is 29.5 Å². The molecule has 1 unspecified atom stereocenters. The highest BCUT2D eigenvalue weighted by atomic mass is 16.7. The van der Waals surface area contributed by atoms with Crippen molar-refractivity contribution >= 4 is 5.91 Å². The van der Waals surface area contributed by atoms with Crippen LogP contribution in [0.5, 0.6) is 11.5 Å². The summed E-state index contributed by atoms with van der Waals surface area (Å²) in [5, 5.41) is 7.34. The van der Waals surface area contributed by atoms with Gasteiger partial charge < -0.3 is 14.4 Å². The molecule has 1 aromatic heterocycles. The summed E-state index contributed by atoms with van der Waals surface area (Å²) in [7, 11) is 0. The Morgan fingerprint density at radius 2 is 2.17 bits per heavy atom. The molecule has 1 saturated heterocycles. The van der Waals surface area contributed by atoms with Crippen molar-refractivity contribution in [2.45, 2.75) is 25.7 Å². The summed E-state index contributed by atoms with van der Waals surface area (Å²) >= 11 is 0. The van der Waals surface area contributed by atoms with Gasteiger partial charge in [-0.15, -0.1) is 0 Å². The molecular formula is C17H19N3O3. The lowest BCUT2D eigenvalue weighted by molar-refractivity contribution is 0.0705. The molecule has 0 saturated carbocycles. The van der Waals surface area contributed by atoms with Gasteiger partial charge in [0.05, 0.1) is 5.69 Å². The smallest absolute Gasteiger partial charge is 0.254 e. The largest absolute Gasteiger partial charge is 0.454 e. The Labute approximate surface area is 134 Å². The minimum absolute atomic E-state index is 0.0419. The van der Waals surface area contributed by atoms with Gasteiger partial charge in [0.1, 0.15) is 0 Å². The summed E-state index contributed by atoms with van der Waals surface area (Å²) in [5.74, 6) is 1.68. The first kappa shape index (κ1) is 14.1. The second-order valence-corrected chi connectivity index (χ2v) is 6.13. The lowest BCUT2D eigenvalue weighted by Gasteiger charge is -2.32. The van der Waals surface area contributed by atoms with Gasteiger partial charge in [-0.05, 0) is 44.0 Å². The Balaban J connectivity index is 1.51. The van der Waals surface area contributed by atoms with Gasteiger partial charge >= 0.3 is 0 Å². The van der Waals surface area contributed by atoms with Crippen LogP contribution < -0.4 is 9.47 Å². The molecule has 23 heavy (non-hydrogen) atoms. The normalized spacial score (nSPS) is 19.9. The molecule has 2 aromatic rings. The number of benzene rings is 1. The molecule has 3 heterocycles. The van der Waals surface area contributed by atoms with Crippen molar-refractivity contribution < 1.29 is 14.3 Å². The number of carbonyl (C=O) groups is 1. The fourth-order valence-corrected chi connectivity index (χ4v) is 3.26. The van der Waals surface area contributed by atoms with Gasteiger partial charge in [-0.25, -0.2) is 0 Å². The predicted octanol–water partition coefficient (Wildman–Crippen LogP) is 2.47. The molecule has 0 bridgehead atoms. The van der Waals surface area contributed by atoms with E-state index in [0.717, 1.165) is 30.8 Å². The Hall–Kier alpha value is -2.50. The van der Waals surface area contributed by atoms with Crippen molar-refractivity contribution in [1.82, 2.24) is 15.1 Å². The molecule has 4 rings (SSSR count). The highest BCUT2D eigenvalue weighted by molar-refractivity contribution is 5.95. The maximum atomic E-state index is 12.8. The lowest BCUT2D eigenvalue weighted by atomic mass is 9.94. The Bertz CT molecular complexity index is 740. The number of ether oxygens (including phenoxy) is 2. The van der Waals surface area contributed by atoms with E-state index in [2.05, 4.69) is 16.3 Å². The number of nitrogens with zero attached hydrogens (tertiary/aromatic N) is 2. The van der Waals surface area contributed by atoms with E-state index in [-0.39, 0.29) is 12.7 Å². The van der Waals surface area contributed by atoms with Crippen LogP contribution in [0.4, 0.5) is 0 Å². The third-order valence-electron chi connectivity index (χ3n) is 4.47. The van der Waals surface area contributed by atoms with Gasteiger partial charge in [-0.3, -0.25) is 9.89 Å². The van der Waals surface area contributed by atoms with Crippen molar-refractivity contribution in [3.05, 3.63) is 41.2 Å². The van der Waals surface area contributed by atoms with Crippen LogP contribution in [-0.4, -0.2) is 40.9 Å². The second kappa shape index (κ2) is 5.61. The molecule has 0 aliphatic carbocycles. The quantitative estimate of drug-likeness (QED) is 0.925. The van der Waals surface area contributed by atoms with Crippen LogP contribution in [0, 0.1) is 6.92 Å². The van der Waals surface area contributed by atoms with Crippen LogP contribution in [-0.2, 0) is 0 Å². The molecule has 1 amide bonds. The van der Waals surface area contributed by atoms with Crippen molar-refractivity contribution in [3.8, 4) is 11.5 Å². The van der Waals surface area contributed by atoms with E-state index in [1.165, 1.54) is 0 Å². The SMILES string of the molecule is Cc1cc(C2CCCN(C(=O)c3ccc4c(c3)OCO4)C2)n[nH]1. The number of nitrogens with one attached hydrogen (secondary N) is 1. The van der Waals surface area contributed by atoms with E-state index in [4.69, 9.17) is 9.47 Å². The summed E-state index contributed by atoms with van der Waals surface area (Å²) in [6, 6.07) is 7.44. The maximum absolute atomic E-state index is 12.8. The maximum Gasteiger partial charge on any atom is 0.254 e. The van der Waals surface area contributed by atoms with Gasteiger partial charge in [-0.2, -0.15) is 5.10 Å². The zero-order valence-corrected chi connectivity index (χ0v) is 13.0. The van der Waals surface area contributed by atoms with Gasteiger partial charge in [0.15, 0.2) is 11.5 Å². The average Bonchev–Trinajstić information content (AvgIpc) is 3.22. The van der Waals surface area contributed by atoms with Crippen molar-refractivity contribution in [1.29, 1.82) is 0 Å². The molecule has 2 aliphatic heterocycles. The summed E-state index contributed by atoms with van der Waals surface area (Å²) in [6.45, 7) is 3.71. The van der Waals surface area contributed by atoms with Crippen LogP contribution in [0.25, 0.3) is 0 Å². The van der Waals surface area contributed by atoms with Crippen LogP contribution in [0.2, 0.25) is 0 Å². The number of piperidine rings is 1. The van der Waals surface area contributed by atoms with E-state index in [1.54, 1.807) is 18.2 Å². The van der Waals surface area contributed by atoms with Gasteiger partial charge in [0.2, 0.25) is 6.79 Å². The number of aromatic amines is 1. The number of fused-ring (bicyclic) bond motifs is 1. The third kappa shape index (κ3) is 2.65. The molecule has 0 radical (unpaired) electrons. The molecule has 2 aliphatic rings. The van der Waals surface area contributed by atoms with Crippen LogP contribution in [0.3, 0.4) is 0 Å². The molecule has 1 aromatic carbocycles. The number of hydrogen-bond acceptors (Lipinski definition) is 4. The fraction of sp³-hybridized carbons (Fsp3) is 0.412. The molecule has 6 nitrogen and oxygen atoms in total. The summed E-state index contributed by atoms with van der Waals surface area (Å²) < 4.78 is 10.7. The second-order valence-electron chi connectivity index (χ2n) is 6.13. The number of hydrogen-bond donors (Lipinski definition) is 1. The third-order valence-corrected chi connectivity index (χ3v) is 4.47. The highest BCUT2D eigenvalue weighted by Crippen LogP contribution is 2.33. The Kier molecular flexibility index (Phi) is 3.44. The fourth-order valence-electron chi connectivity index (χ4n) is 3.26. The molecule has 1 N–H and O–H groups in total. The van der Waals surface area contributed by atoms with Crippen LogP contribution in [0.1, 0.15) is 40.5 Å². The molecule has 1 fully saturated rings. The minimum Gasteiger partial charge on any atom is -0.454 e.